The Morgan fingerprint density at radius 3 is 2.80 bits per heavy atom. The van der Waals surface area contributed by atoms with Gasteiger partial charge in [-0.25, -0.2) is 0 Å². The maximum atomic E-state index is 12.6. The number of aromatic amines is 1. The molecule has 30 heavy (non-hydrogen) atoms. The molecule has 2 atom stereocenters. The first-order chi connectivity index (χ1) is 14.7. The lowest BCUT2D eigenvalue weighted by Gasteiger charge is -2.27. The first-order valence-electron chi connectivity index (χ1n) is 9.88. The van der Waals surface area contributed by atoms with Crippen LogP contribution in [-0.2, 0) is 0 Å². The molecule has 1 fully saturated rings. The molecule has 1 unspecified atom stereocenters. The second-order valence-electron chi connectivity index (χ2n) is 7.40. The molecule has 4 aromatic rings. The Balaban J connectivity index is 1.53. The van der Waals surface area contributed by atoms with Gasteiger partial charge in [-0.1, -0.05) is 18.0 Å². The van der Waals surface area contributed by atoms with E-state index in [1.807, 2.05) is 35.0 Å². The quantitative estimate of drug-likeness (QED) is 0.533. The number of nitriles is 1. The topological polar surface area (TPSA) is 125 Å². The van der Waals surface area contributed by atoms with Crippen LogP contribution in [0.4, 0.5) is 11.5 Å². The average molecular weight is 401 g/mol. The van der Waals surface area contributed by atoms with Crippen LogP contribution in [0.25, 0.3) is 22.4 Å². The lowest BCUT2D eigenvalue weighted by molar-refractivity contribution is 0.277. The molecule has 1 aliphatic rings. The maximum absolute atomic E-state index is 12.6. The molecule has 0 radical (unpaired) electrons. The second kappa shape index (κ2) is 7.48. The summed E-state index contributed by atoms with van der Waals surface area (Å²) < 4.78 is 6.93. The molecule has 150 valence electrons. The van der Waals surface area contributed by atoms with E-state index in [9.17, 15) is 10.1 Å². The van der Waals surface area contributed by atoms with E-state index in [-0.39, 0.29) is 17.5 Å². The predicted octanol–water partition coefficient (Wildman–Crippen LogP) is 3.77. The van der Waals surface area contributed by atoms with Crippen molar-refractivity contribution in [2.75, 3.05) is 5.32 Å². The zero-order chi connectivity index (χ0) is 20.5. The monoisotopic (exact) mass is 401 g/mol. The smallest absolute Gasteiger partial charge is 0.261 e. The van der Waals surface area contributed by atoms with E-state index in [1.165, 1.54) is 6.33 Å². The fourth-order valence-electron chi connectivity index (χ4n) is 4.13. The Kier molecular flexibility index (Phi) is 4.52. The fourth-order valence-corrected chi connectivity index (χ4v) is 4.13. The van der Waals surface area contributed by atoms with Crippen LogP contribution in [0.3, 0.4) is 0 Å². The maximum Gasteiger partial charge on any atom is 0.261 e. The summed E-state index contributed by atoms with van der Waals surface area (Å²) in [5.41, 5.74) is 2.09. The van der Waals surface area contributed by atoms with Gasteiger partial charge in [0.2, 0.25) is 0 Å². The number of anilines is 2. The number of nitrogens with zero attached hydrogens (tertiary/aromatic N) is 5. The normalized spacial score (nSPS) is 18.9. The molecule has 3 aromatic heterocycles. The molecule has 3 heterocycles. The van der Waals surface area contributed by atoms with Crippen LogP contribution >= 0.6 is 0 Å². The largest absolute Gasteiger partial charge is 0.338 e. The van der Waals surface area contributed by atoms with E-state index >= 15 is 0 Å². The zero-order valence-electron chi connectivity index (χ0n) is 16.1. The molecule has 0 saturated heterocycles. The highest BCUT2D eigenvalue weighted by atomic mass is 16.5. The van der Waals surface area contributed by atoms with Gasteiger partial charge in [0.05, 0.1) is 23.5 Å². The van der Waals surface area contributed by atoms with Gasteiger partial charge in [-0.05, 0) is 43.2 Å². The Bertz CT molecular complexity index is 1270. The van der Waals surface area contributed by atoms with Crippen LogP contribution in [0, 0.1) is 17.2 Å². The van der Waals surface area contributed by atoms with Gasteiger partial charge < -0.3 is 14.8 Å². The van der Waals surface area contributed by atoms with Crippen molar-refractivity contribution in [2.45, 2.75) is 31.7 Å². The van der Waals surface area contributed by atoms with Gasteiger partial charge in [0.1, 0.15) is 5.39 Å². The highest BCUT2D eigenvalue weighted by molar-refractivity contribution is 5.91. The lowest BCUT2D eigenvalue weighted by Crippen LogP contribution is -2.23. The van der Waals surface area contributed by atoms with Gasteiger partial charge in [-0.15, -0.1) is 0 Å². The van der Waals surface area contributed by atoms with Crippen molar-refractivity contribution in [3.05, 3.63) is 53.2 Å². The van der Waals surface area contributed by atoms with Crippen molar-refractivity contribution in [1.29, 1.82) is 5.26 Å². The van der Waals surface area contributed by atoms with E-state index in [4.69, 9.17) is 9.62 Å². The summed E-state index contributed by atoms with van der Waals surface area (Å²) >= 11 is 0. The highest BCUT2D eigenvalue weighted by Gasteiger charge is 2.29. The summed E-state index contributed by atoms with van der Waals surface area (Å²) in [7, 11) is 0. The van der Waals surface area contributed by atoms with Gasteiger partial charge in [0.15, 0.2) is 12.1 Å². The molecule has 0 amide bonds. The molecule has 2 N–H and O–H groups in total. The van der Waals surface area contributed by atoms with Gasteiger partial charge >= 0.3 is 0 Å². The molecule has 0 aliphatic heterocycles. The minimum absolute atomic E-state index is 0.0384. The molecule has 9 nitrogen and oxygen atoms in total. The van der Waals surface area contributed by atoms with Crippen LogP contribution in [-0.4, -0.2) is 24.9 Å². The number of aromatic nitrogens is 5. The molecule has 5 rings (SSSR count). The van der Waals surface area contributed by atoms with Crippen LogP contribution in [0.5, 0.6) is 0 Å². The summed E-state index contributed by atoms with van der Waals surface area (Å²) in [4.78, 5) is 19.4. The van der Waals surface area contributed by atoms with E-state index in [2.05, 4.69) is 26.5 Å². The van der Waals surface area contributed by atoms with Gasteiger partial charge in [0, 0.05) is 17.4 Å². The first-order valence-corrected chi connectivity index (χ1v) is 9.88. The standard InChI is InChI=1S/C21H19N7O2/c22-11-14-3-1-2-4-16(14)28-17-9-10-23-20(29)18(17)19(27-28)26-15-7-5-13(6-8-15)21-24-12-25-30-21/h5-10,12,14,16H,1-4H2,(H,23,29)(H,26,27)/t14?,16-/m0/s1. The third-order valence-corrected chi connectivity index (χ3v) is 5.60. The first kappa shape index (κ1) is 18.1. The van der Waals surface area contributed by atoms with Crippen LogP contribution in [0.15, 0.2) is 52.2 Å². The molecule has 1 aromatic carbocycles. The number of pyridine rings is 1. The van der Waals surface area contributed by atoms with Crippen LogP contribution in [0.1, 0.15) is 31.7 Å². The number of H-pyrrole nitrogens is 1. The Morgan fingerprint density at radius 1 is 1.20 bits per heavy atom. The summed E-state index contributed by atoms with van der Waals surface area (Å²) in [6.45, 7) is 0. The second-order valence-corrected chi connectivity index (χ2v) is 7.40. The SMILES string of the molecule is N#CC1CCCC[C@@H]1n1nc(Nc2ccc(-c3ncno3)cc2)c2c(=O)[nH]ccc21. The average Bonchev–Trinajstić information content (AvgIpc) is 3.44. The number of benzene rings is 1. The third kappa shape index (κ3) is 3.12. The molecular formula is C21H19N7O2. The number of hydrogen-bond acceptors (Lipinski definition) is 7. The van der Waals surface area contributed by atoms with Crippen molar-refractivity contribution in [2.24, 2.45) is 5.92 Å². The fraction of sp³-hybridized carbons (Fsp3) is 0.286. The summed E-state index contributed by atoms with van der Waals surface area (Å²) in [6, 6.07) is 11.7. The minimum Gasteiger partial charge on any atom is -0.338 e. The lowest BCUT2D eigenvalue weighted by atomic mass is 9.85. The van der Waals surface area contributed by atoms with Crippen LogP contribution < -0.4 is 10.9 Å². The Morgan fingerprint density at radius 2 is 2.03 bits per heavy atom. The van der Waals surface area contributed by atoms with E-state index in [1.54, 1.807) is 6.20 Å². The zero-order valence-corrected chi connectivity index (χ0v) is 16.1. The summed E-state index contributed by atoms with van der Waals surface area (Å²) in [5, 5.41) is 21.7. The number of nitrogens with one attached hydrogen (secondary N) is 2. The van der Waals surface area contributed by atoms with Crippen molar-refractivity contribution >= 4 is 22.4 Å². The minimum atomic E-state index is -0.215. The van der Waals surface area contributed by atoms with Crippen molar-refractivity contribution in [3.63, 3.8) is 0 Å². The Hall–Kier alpha value is -3.93. The molecule has 0 bridgehead atoms. The van der Waals surface area contributed by atoms with Gasteiger partial charge in [-0.2, -0.15) is 15.3 Å². The summed E-state index contributed by atoms with van der Waals surface area (Å²) in [6.07, 6.45) is 6.80. The van der Waals surface area contributed by atoms with Crippen molar-refractivity contribution in [3.8, 4) is 17.5 Å². The van der Waals surface area contributed by atoms with E-state index < -0.39 is 0 Å². The molecular weight excluding hydrogens is 382 g/mol. The molecule has 1 saturated carbocycles. The highest BCUT2D eigenvalue weighted by Crippen LogP contribution is 2.36. The Labute approximate surface area is 171 Å². The van der Waals surface area contributed by atoms with E-state index in [0.29, 0.717) is 17.1 Å². The van der Waals surface area contributed by atoms with Crippen LogP contribution in [0.2, 0.25) is 0 Å². The van der Waals surface area contributed by atoms with Gasteiger partial charge in [-0.3, -0.25) is 9.48 Å². The number of hydrogen-bond donors (Lipinski definition) is 2. The van der Waals surface area contributed by atoms with Gasteiger partial charge in [0.25, 0.3) is 11.4 Å². The number of fused-ring (bicyclic) bond motifs is 1. The number of rotatable bonds is 4. The molecule has 0 spiro atoms. The molecule has 9 heteroatoms. The van der Waals surface area contributed by atoms with E-state index in [0.717, 1.165) is 42.5 Å². The molecule has 1 aliphatic carbocycles. The third-order valence-electron chi connectivity index (χ3n) is 5.60. The van der Waals surface area contributed by atoms with Crippen molar-refractivity contribution in [1.82, 2.24) is 24.9 Å². The summed E-state index contributed by atoms with van der Waals surface area (Å²) in [5.74, 6) is 0.801. The predicted molar refractivity (Wildman–Crippen MR) is 110 cm³/mol. The van der Waals surface area contributed by atoms with Crippen molar-refractivity contribution < 1.29 is 4.52 Å².